The molecule has 0 aromatic heterocycles. The van der Waals surface area contributed by atoms with E-state index in [2.05, 4.69) is 10.6 Å². The van der Waals surface area contributed by atoms with Crippen molar-refractivity contribution in [2.45, 2.75) is 46.1 Å². The van der Waals surface area contributed by atoms with Gasteiger partial charge in [-0.1, -0.05) is 0 Å². The zero-order chi connectivity index (χ0) is 14.2. The molecule has 2 N–H and O–H groups in total. The zero-order valence-electron chi connectivity index (χ0n) is 11.5. The molecule has 0 saturated carbocycles. The van der Waals surface area contributed by atoms with Gasteiger partial charge in [0, 0.05) is 13.0 Å². The third-order valence-corrected chi connectivity index (χ3v) is 1.80. The third kappa shape index (κ3) is 9.62. The molecule has 0 radical (unpaired) electrons. The van der Waals surface area contributed by atoms with Crippen LogP contribution in [0.1, 0.15) is 40.5 Å². The van der Waals surface area contributed by atoms with E-state index < -0.39 is 11.6 Å². The molecular weight excluding hydrogens is 236 g/mol. The minimum absolute atomic E-state index is 0.0124. The van der Waals surface area contributed by atoms with E-state index in [9.17, 15) is 14.4 Å². The Morgan fingerprint density at radius 1 is 1.00 bits per heavy atom. The number of carbonyl (C=O) groups is 3. The van der Waals surface area contributed by atoms with Crippen molar-refractivity contribution in [3.63, 3.8) is 0 Å². The average Bonchev–Trinajstić information content (AvgIpc) is 2.21. The van der Waals surface area contributed by atoms with Crippen molar-refractivity contribution >= 4 is 17.8 Å². The summed E-state index contributed by atoms with van der Waals surface area (Å²) < 4.78 is 5.05. The summed E-state index contributed by atoms with van der Waals surface area (Å²) in [5, 5.41) is 4.98. The van der Waals surface area contributed by atoms with E-state index in [1.807, 2.05) is 0 Å². The number of ether oxygens (including phenoxy) is 1. The summed E-state index contributed by atoms with van der Waals surface area (Å²) in [4.78, 5) is 33.7. The van der Waals surface area contributed by atoms with Gasteiger partial charge in [-0.15, -0.1) is 0 Å². The van der Waals surface area contributed by atoms with Crippen molar-refractivity contribution in [3.8, 4) is 0 Å². The fraction of sp³-hybridized carbons (Fsp3) is 0.750. The molecule has 0 aromatic carbocycles. The van der Waals surface area contributed by atoms with Crippen molar-refractivity contribution in [2.75, 3.05) is 13.1 Å². The van der Waals surface area contributed by atoms with Gasteiger partial charge in [0.25, 0.3) is 0 Å². The predicted molar refractivity (Wildman–Crippen MR) is 66.8 cm³/mol. The maximum atomic E-state index is 11.3. The number of rotatable bonds is 6. The van der Waals surface area contributed by atoms with Gasteiger partial charge >= 0.3 is 5.97 Å². The molecule has 0 aliphatic heterocycles. The lowest BCUT2D eigenvalue weighted by molar-refractivity contribution is -0.155. The highest BCUT2D eigenvalue weighted by molar-refractivity contribution is 5.86. The largest absolute Gasteiger partial charge is 0.460 e. The van der Waals surface area contributed by atoms with Crippen LogP contribution in [0.2, 0.25) is 0 Å². The number of hydrogen-bond acceptors (Lipinski definition) is 4. The van der Waals surface area contributed by atoms with Crippen LogP contribution in [-0.2, 0) is 19.1 Å². The Morgan fingerprint density at radius 2 is 1.61 bits per heavy atom. The molecule has 6 heteroatoms. The maximum absolute atomic E-state index is 11.3. The second kappa shape index (κ2) is 7.68. The second-order valence-corrected chi connectivity index (χ2v) is 4.82. The maximum Gasteiger partial charge on any atom is 0.306 e. The van der Waals surface area contributed by atoms with Crippen LogP contribution >= 0.6 is 0 Å². The number of nitrogens with one attached hydrogen (secondary N) is 2. The lowest BCUT2D eigenvalue weighted by atomic mass is 10.2. The molecule has 0 heterocycles. The SMILES string of the molecule is CCNC(=O)CNC(=O)CCC(=O)OC(C)(C)C. The molecule has 18 heavy (non-hydrogen) atoms. The second-order valence-electron chi connectivity index (χ2n) is 4.82. The van der Waals surface area contributed by atoms with Crippen molar-refractivity contribution in [2.24, 2.45) is 0 Å². The molecule has 2 amide bonds. The first kappa shape index (κ1) is 16.4. The molecule has 0 aliphatic carbocycles. The Morgan fingerprint density at radius 3 is 2.11 bits per heavy atom. The number of hydrogen-bond donors (Lipinski definition) is 2. The van der Waals surface area contributed by atoms with Gasteiger partial charge in [0.2, 0.25) is 11.8 Å². The van der Waals surface area contributed by atoms with Crippen molar-refractivity contribution < 1.29 is 19.1 Å². The monoisotopic (exact) mass is 258 g/mol. The van der Waals surface area contributed by atoms with Crippen LogP contribution in [0, 0.1) is 0 Å². The molecule has 0 bridgehead atoms. The lowest BCUT2D eigenvalue weighted by Gasteiger charge is -2.19. The van der Waals surface area contributed by atoms with Gasteiger partial charge in [-0.3, -0.25) is 14.4 Å². The summed E-state index contributed by atoms with van der Waals surface area (Å²) in [6.45, 7) is 7.54. The highest BCUT2D eigenvalue weighted by Gasteiger charge is 2.17. The van der Waals surface area contributed by atoms with E-state index in [0.29, 0.717) is 6.54 Å². The molecule has 0 fully saturated rings. The third-order valence-electron chi connectivity index (χ3n) is 1.80. The van der Waals surface area contributed by atoms with Crippen LogP contribution < -0.4 is 10.6 Å². The first-order valence-corrected chi connectivity index (χ1v) is 6.00. The van der Waals surface area contributed by atoms with E-state index in [1.165, 1.54) is 0 Å². The Labute approximate surface area is 107 Å². The summed E-state index contributed by atoms with van der Waals surface area (Å²) in [7, 11) is 0. The summed E-state index contributed by atoms with van der Waals surface area (Å²) in [6, 6.07) is 0. The summed E-state index contributed by atoms with van der Waals surface area (Å²) >= 11 is 0. The quantitative estimate of drug-likeness (QED) is 0.674. The van der Waals surface area contributed by atoms with E-state index in [-0.39, 0.29) is 31.2 Å². The molecule has 0 aliphatic rings. The van der Waals surface area contributed by atoms with Crippen molar-refractivity contribution in [1.29, 1.82) is 0 Å². The molecular formula is C12H22N2O4. The van der Waals surface area contributed by atoms with Gasteiger partial charge in [-0.2, -0.15) is 0 Å². The first-order chi connectivity index (χ1) is 8.24. The normalized spacial score (nSPS) is 10.7. The molecule has 104 valence electrons. The molecule has 6 nitrogen and oxygen atoms in total. The van der Waals surface area contributed by atoms with Crippen LogP contribution in [0.5, 0.6) is 0 Å². The van der Waals surface area contributed by atoms with Crippen LogP contribution in [0.15, 0.2) is 0 Å². The minimum Gasteiger partial charge on any atom is -0.460 e. The van der Waals surface area contributed by atoms with Gasteiger partial charge in [-0.05, 0) is 27.7 Å². The summed E-state index contributed by atoms with van der Waals surface area (Å²) in [5.74, 6) is -1.01. The predicted octanol–water partition coefficient (Wildman–Crippen LogP) is 0.361. The van der Waals surface area contributed by atoms with Crippen LogP contribution in [-0.4, -0.2) is 36.5 Å². The molecule has 0 atom stereocenters. The minimum atomic E-state index is -0.547. The Balaban J connectivity index is 3.77. The zero-order valence-corrected chi connectivity index (χ0v) is 11.5. The van der Waals surface area contributed by atoms with Gasteiger partial charge in [0.1, 0.15) is 5.60 Å². The van der Waals surface area contributed by atoms with E-state index in [0.717, 1.165) is 0 Å². The number of likely N-dealkylation sites (N-methyl/N-ethyl adjacent to an activating group) is 1. The van der Waals surface area contributed by atoms with E-state index in [1.54, 1.807) is 27.7 Å². The molecule has 0 rings (SSSR count). The number of carbonyl (C=O) groups excluding carboxylic acids is 3. The van der Waals surface area contributed by atoms with Gasteiger partial charge in [-0.25, -0.2) is 0 Å². The topological polar surface area (TPSA) is 84.5 Å². The molecule has 0 saturated heterocycles. The molecule has 0 aromatic rings. The average molecular weight is 258 g/mol. The summed E-state index contributed by atoms with van der Waals surface area (Å²) in [6.07, 6.45) is 0.0345. The smallest absolute Gasteiger partial charge is 0.306 e. The molecule has 0 spiro atoms. The standard InChI is InChI=1S/C12H22N2O4/c1-5-13-10(16)8-14-9(15)6-7-11(17)18-12(2,3)4/h5-8H2,1-4H3,(H,13,16)(H,14,15). The van der Waals surface area contributed by atoms with Gasteiger partial charge in [0.05, 0.1) is 13.0 Å². The number of amides is 2. The molecule has 0 unspecified atom stereocenters. The van der Waals surface area contributed by atoms with Gasteiger partial charge < -0.3 is 15.4 Å². The Kier molecular flexibility index (Phi) is 7.00. The highest BCUT2D eigenvalue weighted by atomic mass is 16.6. The van der Waals surface area contributed by atoms with Crippen molar-refractivity contribution in [1.82, 2.24) is 10.6 Å². The van der Waals surface area contributed by atoms with Gasteiger partial charge in [0.15, 0.2) is 0 Å². The fourth-order valence-electron chi connectivity index (χ4n) is 1.14. The summed E-state index contributed by atoms with van der Waals surface area (Å²) in [5.41, 5.74) is -0.547. The Bertz CT molecular complexity index is 308. The van der Waals surface area contributed by atoms with E-state index >= 15 is 0 Å². The first-order valence-electron chi connectivity index (χ1n) is 6.00. The number of esters is 1. The lowest BCUT2D eigenvalue weighted by Crippen LogP contribution is -2.37. The Hall–Kier alpha value is -1.59. The van der Waals surface area contributed by atoms with Crippen molar-refractivity contribution in [3.05, 3.63) is 0 Å². The van der Waals surface area contributed by atoms with Crippen LogP contribution in [0.25, 0.3) is 0 Å². The van der Waals surface area contributed by atoms with Crippen LogP contribution in [0.3, 0.4) is 0 Å². The highest BCUT2D eigenvalue weighted by Crippen LogP contribution is 2.08. The fourth-order valence-corrected chi connectivity index (χ4v) is 1.14. The van der Waals surface area contributed by atoms with E-state index in [4.69, 9.17) is 4.74 Å². The van der Waals surface area contributed by atoms with Crippen LogP contribution in [0.4, 0.5) is 0 Å².